The molecule has 0 bridgehead atoms. The average Bonchev–Trinajstić information content (AvgIpc) is 2.48. The first-order valence-electron chi connectivity index (χ1n) is 6.79. The number of halogens is 1. The summed E-state index contributed by atoms with van der Waals surface area (Å²) in [4.78, 5) is 0. The van der Waals surface area contributed by atoms with Gasteiger partial charge in [-0.3, -0.25) is 0 Å². The van der Waals surface area contributed by atoms with E-state index in [1.54, 1.807) is 19.1 Å². The Hall–Kier alpha value is -1.71. The van der Waals surface area contributed by atoms with Crippen LogP contribution < -0.4 is 5.32 Å². The van der Waals surface area contributed by atoms with Crippen molar-refractivity contribution in [3.05, 3.63) is 71.0 Å². The van der Waals surface area contributed by atoms with E-state index < -0.39 is 6.10 Å². The van der Waals surface area contributed by atoms with Crippen LogP contribution in [0, 0.1) is 12.7 Å². The van der Waals surface area contributed by atoms with Crippen LogP contribution in [-0.4, -0.2) is 11.1 Å². The van der Waals surface area contributed by atoms with Crippen molar-refractivity contribution in [3.8, 4) is 0 Å². The summed E-state index contributed by atoms with van der Waals surface area (Å²) in [7, 11) is 0. The largest absolute Gasteiger partial charge is 0.387 e. The van der Waals surface area contributed by atoms with E-state index in [1.807, 2.05) is 37.3 Å². The number of nitrogens with one attached hydrogen (secondary N) is 1. The Labute approximate surface area is 119 Å². The van der Waals surface area contributed by atoms with Gasteiger partial charge in [0, 0.05) is 12.6 Å². The number of hydrogen-bond donors (Lipinski definition) is 2. The minimum atomic E-state index is -0.655. The highest BCUT2D eigenvalue weighted by Gasteiger charge is 2.16. The third-order valence-electron chi connectivity index (χ3n) is 3.47. The van der Waals surface area contributed by atoms with Crippen molar-refractivity contribution in [3.63, 3.8) is 0 Å². The van der Waals surface area contributed by atoms with Crippen LogP contribution in [-0.2, 0) is 6.54 Å². The Balaban J connectivity index is 1.97. The van der Waals surface area contributed by atoms with Crippen LogP contribution in [0.3, 0.4) is 0 Å². The van der Waals surface area contributed by atoms with E-state index in [0.29, 0.717) is 12.1 Å². The predicted molar refractivity (Wildman–Crippen MR) is 78.8 cm³/mol. The first-order chi connectivity index (χ1) is 9.58. The summed E-state index contributed by atoms with van der Waals surface area (Å²) in [6.45, 7) is 4.32. The molecule has 0 aliphatic rings. The highest BCUT2D eigenvalue weighted by atomic mass is 19.1. The lowest BCUT2D eigenvalue weighted by Gasteiger charge is -2.21. The number of aliphatic hydroxyl groups is 1. The monoisotopic (exact) mass is 273 g/mol. The summed E-state index contributed by atoms with van der Waals surface area (Å²) >= 11 is 0. The maximum atomic E-state index is 13.2. The van der Waals surface area contributed by atoms with Gasteiger partial charge in [-0.05, 0) is 36.6 Å². The van der Waals surface area contributed by atoms with E-state index in [9.17, 15) is 9.50 Å². The summed E-state index contributed by atoms with van der Waals surface area (Å²) in [5.41, 5.74) is 2.45. The van der Waals surface area contributed by atoms with Crippen molar-refractivity contribution in [1.29, 1.82) is 0 Å². The van der Waals surface area contributed by atoms with Gasteiger partial charge in [-0.15, -0.1) is 0 Å². The molecule has 0 spiro atoms. The van der Waals surface area contributed by atoms with Crippen LogP contribution >= 0.6 is 0 Å². The first-order valence-corrected chi connectivity index (χ1v) is 6.79. The van der Waals surface area contributed by atoms with Crippen molar-refractivity contribution < 1.29 is 9.50 Å². The molecule has 0 saturated heterocycles. The van der Waals surface area contributed by atoms with E-state index in [2.05, 4.69) is 5.32 Å². The predicted octanol–water partition coefficient (Wildman–Crippen LogP) is 3.35. The van der Waals surface area contributed by atoms with Crippen LogP contribution in [0.2, 0.25) is 0 Å². The smallest absolute Gasteiger partial charge is 0.126 e. The molecule has 2 N–H and O–H groups in total. The minimum absolute atomic E-state index is 0.111. The van der Waals surface area contributed by atoms with Gasteiger partial charge in [0.1, 0.15) is 5.82 Å². The van der Waals surface area contributed by atoms with Crippen molar-refractivity contribution in [2.75, 3.05) is 0 Å². The molecule has 0 heterocycles. The maximum Gasteiger partial charge on any atom is 0.126 e. The van der Waals surface area contributed by atoms with Crippen molar-refractivity contribution in [1.82, 2.24) is 5.32 Å². The highest BCUT2D eigenvalue weighted by Crippen LogP contribution is 2.19. The zero-order chi connectivity index (χ0) is 14.5. The standard InChI is InChI=1S/C17H20FNO/c1-12-10-15(8-9-16(12)18)17(20)13(2)19-11-14-6-4-3-5-7-14/h3-10,13,17,19-20H,11H2,1-2H3. The second kappa shape index (κ2) is 6.64. The summed E-state index contributed by atoms with van der Waals surface area (Å²) in [5.74, 6) is -0.245. The lowest BCUT2D eigenvalue weighted by atomic mass is 10.0. The molecule has 2 unspecified atom stereocenters. The van der Waals surface area contributed by atoms with E-state index in [1.165, 1.54) is 11.6 Å². The van der Waals surface area contributed by atoms with Gasteiger partial charge in [0.25, 0.3) is 0 Å². The minimum Gasteiger partial charge on any atom is -0.387 e. The SMILES string of the molecule is Cc1cc(C(O)C(C)NCc2ccccc2)ccc1F. The molecule has 2 aromatic rings. The molecule has 20 heavy (non-hydrogen) atoms. The highest BCUT2D eigenvalue weighted by molar-refractivity contribution is 5.26. The lowest BCUT2D eigenvalue weighted by Crippen LogP contribution is -2.31. The summed E-state index contributed by atoms with van der Waals surface area (Å²) in [5, 5.41) is 13.6. The fourth-order valence-corrected chi connectivity index (χ4v) is 2.13. The van der Waals surface area contributed by atoms with E-state index in [-0.39, 0.29) is 11.9 Å². The van der Waals surface area contributed by atoms with E-state index in [4.69, 9.17) is 0 Å². The summed E-state index contributed by atoms with van der Waals surface area (Å²) in [6.07, 6.45) is -0.655. The quantitative estimate of drug-likeness (QED) is 0.875. The van der Waals surface area contributed by atoms with Gasteiger partial charge in [0.05, 0.1) is 6.10 Å². The van der Waals surface area contributed by atoms with Gasteiger partial charge >= 0.3 is 0 Å². The molecule has 2 atom stereocenters. The van der Waals surface area contributed by atoms with Crippen LogP contribution in [0.1, 0.15) is 29.7 Å². The third-order valence-corrected chi connectivity index (χ3v) is 3.47. The zero-order valence-electron chi connectivity index (χ0n) is 11.8. The zero-order valence-corrected chi connectivity index (χ0v) is 11.8. The van der Waals surface area contributed by atoms with Crippen LogP contribution in [0.25, 0.3) is 0 Å². The van der Waals surface area contributed by atoms with Crippen LogP contribution in [0.15, 0.2) is 48.5 Å². The second-order valence-corrected chi connectivity index (χ2v) is 5.11. The van der Waals surface area contributed by atoms with Crippen molar-refractivity contribution >= 4 is 0 Å². The first kappa shape index (κ1) is 14.7. The molecule has 0 amide bonds. The maximum absolute atomic E-state index is 13.2. The van der Waals surface area contributed by atoms with Gasteiger partial charge < -0.3 is 10.4 Å². The summed E-state index contributed by atoms with van der Waals surface area (Å²) < 4.78 is 13.2. The molecule has 0 fully saturated rings. The Morgan fingerprint density at radius 3 is 2.50 bits per heavy atom. The van der Waals surface area contributed by atoms with E-state index in [0.717, 1.165) is 5.56 Å². The molecule has 0 aromatic heterocycles. The summed E-state index contributed by atoms with van der Waals surface area (Å²) in [6, 6.07) is 14.6. The Bertz CT molecular complexity index is 556. The molecule has 2 nitrogen and oxygen atoms in total. The average molecular weight is 273 g/mol. The second-order valence-electron chi connectivity index (χ2n) is 5.11. The fourth-order valence-electron chi connectivity index (χ4n) is 2.13. The Morgan fingerprint density at radius 1 is 1.15 bits per heavy atom. The number of aryl methyl sites for hydroxylation is 1. The van der Waals surface area contributed by atoms with E-state index >= 15 is 0 Å². The molecular weight excluding hydrogens is 253 g/mol. The molecule has 0 radical (unpaired) electrons. The number of rotatable bonds is 5. The van der Waals surface area contributed by atoms with Gasteiger partial charge in [0.15, 0.2) is 0 Å². The molecule has 0 aliphatic heterocycles. The lowest BCUT2D eigenvalue weighted by molar-refractivity contribution is 0.135. The molecule has 2 rings (SSSR count). The molecular formula is C17H20FNO. The molecule has 0 aliphatic carbocycles. The fraction of sp³-hybridized carbons (Fsp3) is 0.294. The van der Waals surface area contributed by atoms with Gasteiger partial charge in [-0.25, -0.2) is 4.39 Å². The van der Waals surface area contributed by atoms with Gasteiger partial charge in [0.2, 0.25) is 0 Å². The van der Waals surface area contributed by atoms with Crippen molar-refractivity contribution in [2.45, 2.75) is 32.5 Å². The van der Waals surface area contributed by atoms with Gasteiger partial charge in [-0.1, -0.05) is 42.5 Å². The molecule has 3 heteroatoms. The number of hydrogen-bond acceptors (Lipinski definition) is 2. The van der Waals surface area contributed by atoms with Gasteiger partial charge in [-0.2, -0.15) is 0 Å². The third kappa shape index (κ3) is 3.65. The molecule has 106 valence electrons. The molecule has 2 aromatic carbocycles. The Kier molecular flexibility index (Phi) is 4.88. The molecule has 0 saturated carbocycles. The number of aliphatic hydroxyl groups excluding tert-OH is 1. The topological polar surface area (TPSA) is 32.3 Å². The number of benzene rings is 2. The normalized spacial score (nSPS) is 14.0. The van der Waals surface area contributed by atoms with Crippen LogP contribution in [0.5, 0.6) is 0 Å². The van der Waals surface area contributed by atoms with Crippen molar-refractivity contribution in [2.24, 2.45) is 0 Å². The Morgan fingerprint density at radius 2 is 1.85 bits per heavy atom. The van der Waals surface area contributed by atoms with Crippen LogP contribution in [0.4, 0.5) is 4.39 Å².